The first-order valence-electron chi connectivity index (χ1n) is 6.15. The van der Waals surface area contributed by atoms with Crippen molar-refractivity contribution in [3.05, 3.63) is 30.1 Å². The average molecular weight is 336 g/mol. The molecule has 3 unspecified atom stereocenters. The van der Waals surface area contributed by atoms with Crippen molar-refractivity contribution in [2.24, 2.45) is 5.73 Å². The van der Waals surface area contributed by atoms with Crippen LogP contribution in [0.5, 0.6) is 0 Å². The molecule has 4 N–H and O–H groups in total. The first-order valence-corrected chi connectivity index (χ1v) is 7.65. The molecule has 1 aromatic rings. The molecule has 1 amide bonds. The summed E-state index contributed by atoms with van der Waals surface area (Å²) in [5.41, 5.74) is 5.22. The molecule has 11 heteroatoms. The molecule has 9 nitrogen and oxygen atoms in total. The van der Waals surface area contributed by atoms with Crippen molar-refractivity contribution in [1.29, 1.82) is 0 Å². The molecule has 5 atom stereocenters. The zero-order valence-corrected chi connectivity index (χ0v) is 12.0. The molecule has 0 aromatic carbocycles. The molecule has 1 aromatic heterocycles. The molecule has 2 heterocycles. The predicted octanol–water partition coefficient (Wildman–Crippen LogP) is -1.85. The van der Waals surface area contributed by atoms with E-state index >= 15 is 0 Å². The van der Waals surface area contributed by atoms with E-state index in [-0.39, 0.29) is 5.56 Å². The van der Waals surface area contributed by atoms with Gasteiger partial charge in [-0.2, -0.15) is 4.57 Å². The number of rotatable bonds is 5. The quantitative estimate of drug-likeness (QED) is 0.422. The van der Waals surface area contributed by atoms with Crippen molar-refractivity contribution in [3.8, 4) is 0 Å². The molecule has 0 bridgehead atoms. The van der Waals surface area contributed by atoms with Gasteiger partial charge in [-0.15, -0.1) is 0 Å². The smallest absolute Gasteiger partial charge is 0.297 e. The van der Waals surface area contributed by atoms with Crippen LogP contribution in [0.2, 0.25) is 0 Å². The number of phosphoric ester groups is 1. The summed E-state index contributed by atoms with van der Waals surface area (Å²) in [5, 5.41) is 9.71. The van der Waals surface area contributed by atoms with Gasteiger partial charge in [-0.3, -0.25) is 9.36 Å². The van der Waals surface area contributed by atoms with Gasteiger partial charge in [0.1, 0.15) is 17.8 Å². The van der Waals surface area contributed by atoms with Gasteiger partial charge in [0.05, 0.1) is 6.61 Å². The Bertz CT molecular complexity index is 610. The van der Waals surface area contributed by atoms with Crippen LogP contribution in [0.4, 0.5) is 4.39 Å². The topological polar surface area (TPSA) is 146 Å². The highest BCUT2D eigenvalue weighted by Gasteiger charge is 2.50. The molecule has 0 saturated carbocycles. The van der Waals surface area contributed by atoms with Crippen molar-refractivity contribution in [3.63, 3.8) is 0 Å². The molecule has 0 spiro atoms. The normalized spacial score (nSPS) is 30.9. The van der Waals surface area contributed by atoms with Crippen LogP contribution in [-0.4, -0.2) is 40.9 Å². The number of nitrogens with zero attached hydrogens (tertiary/aromatic N) is 1. The minimum absolute atomic E-state index is 0.104. The summed E-state index contributed by atoms with van der Waals surface area (Å²) >= 11 is 0. The van der Waals surface area contributed by atoms with Crippen molar-refractivity contribution in [1.82, 2.24) is 0 Å². The van der Waals surface area contributed by atoms with Crippen LogP contribution in [0.1, 0.15) is 16.6 Å². The number of aliphatic hydroxyl groups excluding tert-OH is 1. The van der Waals surface area contributed by atoms with E-state index in [4.69, 9.17) is 15.4 Å². The number of aromatic nitrogens is 1. The number of carbonyl (C=O) groups is 1. The second kappa shape index (κ2) is 6.37. The van der Waals surface area contributed by atoms with Gasteiger partial charge in [-0.25, -0.2) is 4.39 Å². The largest absolute Gasteiger partial charge is 0.756 e. The van der Waals surface area contributed by atoms with Gasteiger partial charge in [0, 0.05) is 6.07 Å². The lowest BCUT2D eigenvalue weighted by Gasteiger charge is -2.19. The Hall–Kier alpha value is -1.42. The van der Waals surface area contributed by atoms with Crippen LogP contribution in [0.3, 0.4) is 0 Å². The summed E-state index contributed by atoms with van der Waals surface area (Å²) in [6.45, 7) is -0.745. The van der Waals surface area contributed by atoms with Crippen LogP contribution in [-0.2, 0) is 13.8 Å². The molecule has 1 aliphatic heterocycles. The number of aliphatic hydroxyl groups is 1. The Morgan fingerprint density at radius 3 is 2.91 bits per heavy atom. The Morgan fingerprint density at radius 1 is 1.64 bits per heavy atom. The number of alkyl halides is 1. The van der Waals surface area contributed by atoms with E-state index in [0.29, 0.717) is 0 Å². The third-order valence-corrected chi connectivity index (χ3v) is 3.57. The highest BCUT2D eigenvalue weighted by atomic mass is 31.2. The van der Waals surface area contributed by atoms with E-state index in [1.807, 2.05) is 0 Å². The SMILES string of the molecule is NC(=O)c1ccc[n+](C2OC(COP(=O)([O-])O)[C@@H](O)[C@H]2F)c1. The fourth-order valence-corrected chi connectivity index (χ4v) is 2.38. The summed E-state index contributed by atoms with van der Waals surface area (Å²) in [4.78, 5) is 30.1. The molecule has 1 saturated heterocycles. The van der Waals surface area contributed by atoms with Crippen LogP contribution >= 0.6 is 7.82 Å². The summed E-state index contributed by atoms with van der Waals surface area (Å²) in [5.74, 6) is -0.726. The van der Waals surface area contributed by atoms with Gasteiger partial charge in [0.2, 0.25) is 6.17 Å². The van der Waals surface area contributed by atoms with E-state index in [1.165, 1.54) is 29.1 Å². The fourth-order valence-electron chi connectivity index (χ4n) is 2.05. The number of phosphoric acid groups is 1. The number of ether oxygens (including phenoxy) is 1. The lowest BCUT2D eigenvalue weighted by atomic mass is 10.1. The van der Waals surface area contributed by atoms with E-state index in [2.05, 4.69) is 4.52 Å². The van der Waals surface area contributed by atoms with E-state index in [0.717, 1.165) is 0 Å². The molecule has 0 aliphatic carbocycles. The fraction of sp³-hybridized carbons (Fsp3) is 0.455. The monoisotopic (exact) mass is 336 g/mol. The van der Waals surface area contributed by atoms with Gasteiger partial charge in [-0.1, -0.05) is 0 Å². The number of nitrogens with two attached hydrogens (primary N) is 1. The summed E-state index contributed by atoms with van der Waals surface area (Å²) in [6.07, 6.45) is -3.54. The minimum atomic E-state index is -5.01. The predicted molar refractivity (Wildman–Crippen MR) is 65.7 cm³/mol. The number of hydrogen-bond acceptors (Lipinski definition) is 6. The molecule has 1 fully saturated rings. The van der Waals surface area contributed by atoms with Crippen LogP contribution < -0.4 is 15.2 Å². The highest BCUT2D eigenvalue weighted by molar-refractivity contribution is 7.44. The Kier molecular flexibility index (Phi) is 4.90. The van der Waals surface area contributed by atoms with E-state index < -0.39 is 44.9 Å². The molecular formula is C11H14FN2O7P. The molecule has 2 rings (SSSR count). The highest BCUT2D eigenvalue weighted by Crippen LogP contribution is 2.34. The van der Waals surface area contributed by atoms with Crippen molar-refractivity contribution < 1.29 is 42.5 Å². The zero-order valence-electron chi connectivity index (χ0n) is 11.1. The number of halogens is 1. The lowest BCUT2D eigenvalue weighted by Crippen LogP contribution is -2.45. The Balaban J connectivity index is 2.14. The number of amides is 1. The maximum Gasteiger partial charge on any atom is 0.297 e. The molecule has 1 aliphatic rings. The van der Waals surface area contributed by atoms with Crippen molar-refractivity contribution >= 4 is 13.7 Å². The maximum absolute atomic E-state index is 14.1. The molecule has 0 radical (unpaired) electrons. The molecular weight excluding hydrogens is 322 g/mol. The third-order valence-electron chi connectivity index (χ3n) is 3.10. The third kappa shape index (κ3) is 3.86. The Morgan fingerprint density at radius 2 is 2.32 bits per heavy atom. The number of pyridine rings is 1. The first-order chi connectivity index (χ1) is 10.2. The van der Waals surface area contributed by atoms with Crippen molar-refractivity contribution in [2.75, 3.05) is 6.61 Å². The van der Waals surface area contributed by atoms with Gasteiger partial charge in [0.25, 0.3) is 20.0 Å². The standard InChI is InChI=1S/C11H14FN2O7P/c12-8-9(15)7(5-20-22(17,18)19)21-11(8)14-3-1-2-6(4-14)10(13)16/h1-4,7-9,11,15H,5H2,(H3-,13,16,17,18,19)/t7?,8-,9-,11?/m1/s1. The second-order valence-electron chi connectivity index (χ2n) is 4.67. The lowest BCUT2D eigenvalue weighted by molar-refractivity contribution is -0.764. The number of hydrogen-bond donors (Lipinski definition) is 3. The van der Waals surface area contributed by atoms with Gasteiger partial charge >= 0.3 is 0 Å². The van der Waals surface area contributed by atoms with E-state index in [9.17, 15) is 23.7 Å². The van der Waals surface area contributed by atoms with Gasteiger partial charge in [-0.05, 0) is 6.07 Å². The summed E-state index contributed by atoms with van der Waals surface area (Å²) in [7, 11) is -5.01. The second-order valence-corrected chi connectivity index (χ2v) is 5.86. The summed E-state index contributed by atoms with van der Waals surface area (Å²) < 4.78 is 35.1. The van der Waals surface area contributed by atoms with Crippen LogP contribution in [0.25, 0.3) is 0 Å². The number of primary amides is 1. The molecule has 122 valence electrons. The minimum Gasteiger partial charge on any atom is -0.756 e. The van der Waals surface area contributed by atoms with Gasteiger partial charge < -0.3 is 29.9 Å². The van der Waals surface area contributed by atoms with Crippen molar-refractivity contribution in [2.45, 2.75) is 24.6 Å². The van der Waals surface area contributed by atoms with Gasteiger partial charge in [0.15, 0.2) is 12.4 Å². The van der Waals surface area contributed by atoms with E-state index in [1.54, 1.807) is 0 Å². The van der Waals surface area contributed by atoms with Crippen LogP contribution in [0.15, 0.2) is 24.5 Å². The summed E-state index contributed by atoms with van der Waals surface area (Å²) in [6, 6.07) is 2.85. The number of carbonyl (C=O) groups excluding carboxylic acids is 1. The van der Waals surface area contributed by atoms with Crippen LogP contribution in [0, 0.1) is 0 Å². The first kappa shape index (κ1) is 16.9. The average Bonchev–Trinajstić information content (AvgIpc) is 2.72. The maximum atomic E-state index is 14.1. The zero-order chi connectivity index (χ0) is 16.5. The Labute approximate surface area is 124 Å². The molecule has 22 heavy (non-hydrogen) atoms.